The Balaban J connectivity index is 1.82. The van der Waals surface area contributed by atoms with Gasteiger partial charge in [-0.25, -0.2) is 9.59 Å². The van der Waals surface area contributed by atoms with Gasteiger partial charge in [0.05, 0.1) is 5.56 Å². The fourth-order valence-electron chi connectivity index (χ4n) is 1.91. The Labute approximate surface area is 139 Å². The van der Waals surface area contributed by atoms with Crippen molar-refractivity contribution in [3.05, 3.63) is 23.8 Å². The number of hydrogen-bond donors (Lipinski definition) is 2. The van der Waals surface area contributed by atoms with Gasteiger partial charge in [-0.2, -0.15) is 0 Å². The summed E-state index contributed by atoms with van der Waals surface area (Å²) in [5.74, 6) is -0.392. The Morgan fingerprint density at radius 3 is 2.62 bits per heavy atom. The van der Waals surface area contributed by atoms with E-state index in [1.807, 2.05) is 13.8 Å². The first-order valence-electron chi connectivity index (χ1n) is 7.66. The SMILES string of the molecule is CC[C@H](C)NC(=O)NC(=O)COC(=O)c1ccc2c(c1)OCCO2. The first-order valence-corrected chi connectivity index (χ1v) is 7.66. The van der Waals surface area contributed by atoms with Crippen LogP contribution in [-0.4, -0.2) is 43.8 Å². The molecule has 0 spiro atoms. The van der Waals surface area contributed by atoms with E-state index in [1.54, 1.807) is 6.07 Å². The summed E-state index contributed by atoms with van der Waals surface area (Å²) in [5.41, 5.74) is 0.233. The molecule has 8 heteroatoms. The average Bonchev–Trinajstić information content (AvgIpc) is 2.58. The van der Waals surface area contributed by atoms with Crippen LogP contribution in [0.4, 0.5) is 4.79 Å². The van der Waals surface area contributed by atoms with Crippen LogP contribution in [0.1, 0.15) is 30.6 Å². The lowest BCUT2D eigenvalue weighted by Crippen LogP contribution is -2.44. The number of ether oxygens (including phenoxy) is 3. The van der Waals surface area contributed by atoms with E-state index in [-0.39, 0.29) is 11.6 Å². The molecule has 0 aromatic heterocycles. The molecule has 0 radical (unpaired) electrons. The molecule has 1 aromatic rings. The van der Waals surface area contributed by atoms with Gasteiger partial charge < -0.3 is 19.5 Å². The van der Waals surface area contributed by atoms with Crippen LogP contribution in [-0.2, 0) is 9.53 Å². The van der Waals surface area contributed by atoms with Gasteiger partial charge >= 0.3 is 12.0 Å². The van der Waals surface area contributed by atoms with Crippen molar-refractivity contribution in [3.8, 4) is 11.5 Å². The number of amides is 3. The molecule has 0 bridgehead atoms. The standard InChI is InChI=1S/C16H20N2O6/c1-3-10(2)17-16(21)18-14(19)9-24-15(20)11-4-5-12-13(8-11)23-7-6-22-12/h4-5,8,10H,3,6-7,9H2,1-2H3,(H2,17,18,19,21)/t10-/m0/s1. The number of esters is 1. The van der Waals surface area contributed by atoms with E-state index in [1.165, 1.54) is 12.1 Å². The monoisotopic (exact) mass is 336 g/mol. The molecule has 1 aliphatic heterocycles. The molecular weight excluding hydrogens is 316 g/mol. The smallest absolute Gasteiger partial charge is 0.338 e. The molecular formula is C16H20N2O6. The van der Waals surface area contributed by atoms with Gasteiger partial charge in [-0.1, -0.05) is 6.92 Å². The summed E-state index contributed by atoms with van der Waals surface area (Å²) in [4.78, 5) is 35.0. The number of carbonyl (C=O) groups excluding carboxylic acids is 3. The van der Waals surface area contributed by atoms with Crippen molar-refractivity contribution < 1.29 is 28.6 Å². The second-order valence-electron chi connectivity index (χ2n) is 5.27. The van der Waals surface area contributed by atoms with Crippen molar-refractivity contribution in [2.24, 2.45) is 0 Å². The summed E-state index contributed by atoms with van der Waals surface area (Å²) in [7, 11) is 0. The fourth-order valence-corrected chi connectivity index (χ4v) is 1.91. The lowest BCUT2D eigenvalue weighted by atomic mass is 10.2. The molecule has 0 saturated heterocycles. The predicted molar refractivity (Wildman–Crippen MR) is 84.1 cm³/mol. The molecule has 0 unspecified atom stereocenters. The minimum atomic E-state index is -0.707. The summed E-state index contributed by atoms with van der Waals surface area (Å²) in [5, 5.41) is 4.66. The molecule has 2 N–H and O–H groups in total. The van der Waals surface area contributed by atoms with Crippen molar-refractivity contribution in [2.45, 2.75) is 26.3 Å². The highest BCUT2D eigenvalue weighted by atomic mass is 16.6. The maximum atomic E-state index is 11.9. The molecule has 0 fully saturated rings. The van der Waals surface area contributed by atoms with Gasteiger partial charge in [0, 0.05) is 6.04 Å². The Hall–Kier alpha value is -2.77. The number of imide groups is 1. The van der Waals surface area contributed by atoms with E-state index in [0.29, 0.717) is 24.7 Å². The molecule has 2 rings (SSSR count). The van der Waals surface area contributed by atoms with Crippen molar-refractivity contribution in [3.63, 3.8) is 0 Å². The molecule has 8 nitrogen and oxygen atoms in total. The van der Waals surface area contributed by atoms with Crippen molar-refractivity contribution >= 4 is 17.9 Å². The van der Waals surface area contributed by atoms with E-state index >= 15 is 0 Å². The van der Waals surface area contributed by atoms with Gasteiger partial charge in [0.25, 0.3) is 5.91 Å². The molecule has 1 heterocycles. The van der Waals surface area contributed by atoms with Gasteiger partial charge in [0.1, 0.15) is 13.2 Å². The van der Waals surface area contributed by atoms with Crippen LogP contribution < -0.4 is 20.1 Å². The van der Waals surface area contributed by atoms with Gasteiger partial charge in [-0.15, -0.1) is 0 Å². The van der Waals surface area contributed by atoms with Crippen LogP contribution in [0.15, 0.2) is 18.2 Å². The summed E-state index contributed by atoms with van der Waals surface area (Å²) < 4.78 is 15.6. The highest BCUT2D eigenvalue weighted by molar-refractivity contribution is 5.97. The zero-order valence-electron chi connectivity index (χ0n) is 13.6. The predicted octanol–water partition coefficient (Wildman–Crippen LogP) is 1.24. The Kier molecular flexibility index (Phi) is 6.00. The second-order valence-corrected chi connectivity index (χ2v) is 5.27. The maximum Gasteiger partial charge on any atom is 0.338 e. The van der Waals surface area contributed by atoms with Crippen LogP contribution in [0.5, 0.6) is 11.5 Å². The van der Waals surface area contributed by atoms with E-state index in [9.17, 15) is 14.4 Å². The van der Waals surface area contributed by atoms with Crippen LogP contribution in [0.25, 0.3) is 0 Å². The third-order valence-corrected chi connectivity index (χ3v) is 3.36. The van der Waals surface area contributed by atoms with Gasteiger partial charge in [0.15, 0.2) is 18.1 Å². The highest BCUT2D eigenvalue weighted by Crippen LogP contribution is 2.30. The zero-order valence-corrected chi connectivity index (χ0v) is 13.6. The fraction of sp³-hybridized carbons (Fsp3) is 0.438. The van der Waals surface area contributed by atoms with Crippen molar-refractivity contribution in [1.82, 2.24) is 10.6 Å². The van der Waals surface area contributed by atoms with Gasteiger partial charge in [0.2, 0.25) is 0 Å². The normalized spacial score (nSPS) is 13.6. The summed E-state index contributed by atoms with van der Waals surface area (Å²) in [6.07, 6.45) is 0.737. The van der Waals surface area contributed by atoms with E-state index < -0.39 is 24.5 Å². The Bertz CT molecular complexity index is 631. The number of nitrogens with one attached hydrogen (secondary N) is 2. The lowest BCUT2D eigenvalue weighted by molar-refractivity contribution is -0.123. The molecule has 1 aromatic carbocycles. The lowest BCUT2D eigenvalue weighted by Gasteiger charge is -2.18. The highest BCUT2D eigenvalue weighted by Gasteiger charge is 2.17. The van der Waals surface area contributed by atoms with Gasteiger partial charge in [-0.3, -0.25) is 10.1 Å². The molecule has 0 saturated carbocycles. The number of rotatable bonds is 5. The van der Waals surface area contributed by atoms with Crippen LogP contribution in [0, 0.1) is 0 Å². The first-order chi connectivity index (χ1) is 11.5. The van der Waals surface area contributed by atoms with Crippen LogP contribution in [0.3, 0.4) is 0 Å². The molecule has 130 valence electrons. The summed E-state index contributed by atoms with van der Waals surface area (Å²) >= 11 is 0. The number of urea groups is 1. The molecule has 1 atom stereocenters. The number of carbonyl (C=O) groups is 3. The average molecular weight is 336 g/mol. The minimum absolute atomic E-state index is 0.0573. The first kappa shape index (κ1) is 17.6. The van der Waals surface area contributed by atoms with E-state index in [0.717, 1.165) is 6.42 Å². The molecule has 3 amide bonds. The topological polar surface area (TPSA) is 103 Å². The molecule has 24 heavy (non-hydrogen) atoms. The maximum absolute atomic E-state index is 11.9. The number of hydrogen-bond acceptors (Lipinski definition) is 6. The third kappa shape index (κ3) is 4.87. The second kappa shape index (κ2) is 8.19. The van der Waals surface area contributed by atoms with E-state index in [2.05, 4.69) is 10.6 Å². The van der Waals surface area contributed by atoms with Crippen LogP contribution >= 0.6 is 0 Å². The van der Waals surface area contributed by atoms with E-state index in [4.69, 9.17) is 14.2 Å². The van der Waals surface area contributed by atoms with Crippen molar-refractivity contribution in [2.75, 3.05) is 19.8 Å². The molecule has 1 aliphatic rings. The van der Waals surface area contributed by atoms with Crippen molar-refractivity contribution in [1.29, 1.82) is 0 Å². The zero-order chi connectivity index (χ0) is 17.5. The third-order valence-electron chi connectivity index (χ3n) is 3.36. The molecule has 0 aliphatic carbocycles. The summed E-state index contributed by atoms with van der Waals surface area (Å²) in [6.45, 7) is 4.02. The minimum Gasteiger partial charge on any atom is -0.486 e. The van der Waals surface area contributed by atoms with Crippen LogP contribution in [0.2, 0.25) is 0 Å². The number of benzene rings is 1. The summed E-state index contributed by atoms with van der Waals surface area (Å²) in [6, 6.07) is 3.93. The Morgan fingerprint density at radius 2 is 1.92 bits per heavy atom. The Morgan fingerprint density at radius 1 is 1.21 bits per heavy atom. The largest absolute Gasteiger partial charge is 0.486 e. The van der Waals surface area contributed by atoms with Gasteiger partial charge in [-0.05, 0) is 31.5 Å². The quantitative estimate of drug-likeness (QED) is 0.784. The number of fused-ring (bicyclic) bond motifs is 1.